The van der Waals surface area contributed by atoms with E-state index in [-0.39, 0.29) is 76.5 Å². The van der Waals surface area contributed by atoms with E-state index in [1.165, 1.54) is 0 Å². The van der Waals surface area contributed by atoms with Crippen molar-refractivity contribution in [2.24, 2.45) is 0 Å². The van der Waals surface area contributed by atoms with Gasteiger partial charge in [0, 0.05) is 0 Å². The Bertz CT molecular complexity index is 427. The maximum atomic E-state index is 12.0. The van der Waals surface area contributed by atoms with Gasteiger partial charge in [0.25, 0.3) is 0 Å². The molecule has 0 aromatic heterocycles. The second-order valence-electron chi connectivity index (χ2n) is 2.92. The number of hydrogen-bond donors (Lipinski definition) is 0. The largest absolute Gasteiger partial charge is 1.00 e. The molecule has 0 bridgehead atoms. The number of hydrogen-bond acceptors (Lipinski definition) is 1. The molecule has 0 radical (unpaired) electrons. The van der Waals surface area contributed by atoms with Gasteiger partial charge < -0.3 is 17.7 Å². The average Bonchev–Trinajstić information content (AvgIpc) is 2.22. The second kappa shape index (κ2) is 7.82. The first-order valence-electron chi connectivity index (χ1n) is 4.00. The van der Waals surface area contributed by atoms with Crippen LogP contribution in [0.25, 0.3) is 0 Å². The van der Waals surface area contributed by atoms with E-state index in [0.717, 1.165) is 0 Å². The van der Waals surface area contributed by atoms with Crippen LogP contribution in [-0.2, 0) is 0 Å². The van der Waals surface area contributed by atoms with E-state index in [2.05, 4.69) is 4.74 Å². The molecule has 0 heterocycles. The zero-order chi connectivity index (χ0) is 13.4. The Kier molecular flexibility index (Phi) is 8.68. The van der Waals surface area contributed by atoms with E-state index in [1.807, 2.05) is 0 Å². The van der Waals surface area contributed by atoms with Crippen molar-refractivity contribution in [3.8, 4) is 5.75 Å². The van der Waals surface area contributed by atoms with E-state index in [4.69, 9.17) is 58.0 Å². The molecular weight excluding hydrogens is 384 g/mol. The van der Waals surface area contributed by atoms with E-state index in [0.29, 0.717) is 0 Å². The molecule has 0 aliphatic heterocycles. The minimum atomic E-state index is -5.15. The van der Waals surface area contributed by atoms with Crippen LogP contribution in [0.15, 0.2) is 0 Å². The topological polar surface area (TPSA) is 9.23 Å². The quantitative estimate of drug-likeness (QED) is 0.441. The van der Waals surface area contributed by atoms with Crippen molar-refractivity contribution in [2.45, 2.75) is 0 Å². The van der Waals surface area contributed by atoms with E-state index >= 15 is 0 Å². The third kappa shape index (κ3) is 5.06. The summed E-state index contributed by atoms with van der Waals surface area (Å²) < 4.78 is 40.6. The predicted molar refractivity (Wildman–Crippen MR) is 66.1 cm³/mol. The monoisotopic (exact) mass is 384 g/mol. The maximum Gasteiger partial charge on any atom is 1.00 e. The third-order valence-corrected chi connectivity index (χ3v) is 3.83. The van der Waals surface area contributed by atoms with E-state index < -0.39 is 19.2 Å². The van der Waals surface area contributed by atoms with Crippen LogP contribution in [0.1, 0.15) is 0 Å². The van der Waals surface area contributed by atoms with Crippen molar-refractivity contribution in [1.82, 2.24) is 0 Å². The summed E-state index contributed by atoms with van der Waals surface area (Å²) in [6.45, 7) is -6.65. The van der Waals surface area contributed by atoms with Gasteiger partial charge in [-0.05, 0) is 0 Å². The van der Waals surface area contributed by atoms with Gasteiger partial charge in [0.2, 0.25) is 0 Å². The van der Waals surface area contributed by atoms with Crippen molar-refractivity contribution < 1.29 is 69.1 Å². The molecule has 18 heavy (non-hydrogen) atoms. The van der Waals surface area contributed by atoms with Crippen LogP contribution >= 0.6 is 58.0 Å². The maximum absolute atomic E-state index is 12.0. The zero-order valence-corrected chi connectivity index (χ0v) is 15.6. The third-order valence-electron chi connectivity index (χ3n) is 1.59. The average molecular weight is 386 g/mol. The van der Waals surface area contributed by atoms with Crippen molar-refractivity contribution >= 4 is 65.0 Å². The molecule has 0 spiro atoms. The van der Waals surface area contributed by atoms with Gasteiger partial charge in [0.1, 0.15) is 10.0 Å². The summed E-state index contributed by atoms with van der Waals surface area (Å²) in [4.78, 5) is 0. The molecule has 0 saturated carbocycles. The first-order chi connectivity index (χ1) is 7.65. The van der Waals surface area contributed by atoms with Crippen LogP contribution in [0, 0.1) is 0 Å². The Morgan fingerprint density at radius 3 is 1.44 bits per heavy atom. The smallest absolute Gasteiger partial charge is 0.519 e. The Labute approximate surface area is 169 Å². The van der Waals surface area contributed by atoms with Crippen LogP contribution in [0.3, 0.4) is 0 Å². The zero-order valence-electron chi connectivity index (χ0n) is 8.72. The van der Waals surface area contributed by atoms with Crippen molar-refractivity contribution in [1.29, 1.82) is 0 Å². The number of ether oxygens (including phenoxy) is 1. The number of benzene rings is 1. The summed E-state index contributed by atoms with van der Waals surface area (Å²) in [7, 11) is 0. The van der Waals surface area contributed by atoms with Gasteiger partial charge in [-0.25, -0.2) is 0 Å². The standard InChI is InChI=1S/C7H2BCl5F3O.K/c9-2-3(10)5(12)7(6(13)4(2)11)17-1-8(14,15)16;/h1H2;/q-1;+1. The summed E-state index contributed by atoms with van der Waals surface area (Å²) in [5.74, 6) is -0.438. The molecule has 0 saturated heterocycles. The van der Waals surface area contributed by atoms with Crippen LogP contribution in [0.4, 0.5) is 12.9 Å². The fraction of sp³-hybridized carbons (Fsp3) is 0.143. The molecule has 11 heteroatoms. The minimum Gasteiger partial charge on any atom is -0.519 e. The summed E-state index contributed by atoms with van der Waals surface area (Å²) in [5.41, 5.74) is 0. The Balaban J connectivity index is 0.00000289. The van der Waals surface area contributed by atoms with Gasteiger partial charge in [0.05, 0.1) is 21.6 Å². The number of rotatable bonds is 3. The summed E-state index contributed by atoms with van der Waals surface area (Å²) >= 11 is 28.3. The normalized spacial score (nSPS) is 11.1. The molecule has 1 rings (SSSR count). The molecule has 0 aliphatic rings. The molecular formula is C7H2BCl5F3KO. The van der Waals surface area contributed by atoms with Crippen LogP contribution in [0.5, 0.6) is 5.75 Å². The van der Waals surface area contributed by atoms with Crippen molar-refractivity contribution in [3.63, 3.8) is 0 Å². The minimum absolute atomic E-state index is 0. The molecule has 0 N–H and O–H groups in total. The van der Waals surface area contributed by atoms with Gasteiger partial charge in [-0.2, -0.15) is 0 Å². The molecule has 1 aromatic carbocycles. The van der Waals surface area contributed by atoms with Gasteiger partial charge in [-0.3, -0.25) is 0 Å². The molecule has 0 amide bonds. The van der Waals surface area contributed by atoms with E-state index in [1.54, 1.807) is 0 Å². The fourth-order valence-corrected chi connectivity index (χ4v) is 2.12. The van der Waals surface area contributed by atoms with Gasteiger partial charge in [-0.15, -0.1) is 0 Å². The molecule has 96 valence electrons. The molecule has 1 aromatic rings. The van der Waals surface area contributed by atoms with Crippen LogP contribution in [0.2, 0.25) is 25.1 Å². The summed E-state index contributed by atoms with van der Waals surface area (Å²) in [5, 5.41) is -1.20. The SMILES string of the molecule is F[B-](F)(F)COc1c(Cl)c(Cl)c(Cl)c(Cl)c1Cl.[K+]. The molecule has 0 atom stereocenters. The molecule has 0 fully saturated rings. The van der Waals surface area contributed by atoms with Crippen molar-refractivity contribution in [3.05, 3.63) is 25.1 Å². The van der Waals surface area contributed by atoms with Gasteiger partial charge in [-0.1, -0.05) is 58.0 Å². The second-order valence-corrected chi connectivity index (χ2v) is 4.81. The van der Waals surface area contributed by atoms with Crippen LogP contribution < -0.4 is 56.1 Å². The van der Waals surface area contributed by atoms with E-state index in [9.17, 15) is 12.9 Å². The predicted octanol–water partition coefficient (Wildman–Crippen LogP) is 2.72. The summed E-state index contributed by atoms with van der Waals surface area (Å²) in [6, 6.07) is 0. The van der Waals surface area contributed by atoms with Gasteiger partial charge >= 0.3 is 58.4 Å². The Hall–Kier alpha value is 1.96. The van der Waals surface area contributed by atoms with Crippen LogP contribution in [-0.4, -0.2) is 13.5 Å². The summed E-state index contributed by atoms with van der Waals surface area (Å²) in [6.07, 6.45) is 0. The molecule has 0 aliphatic carbocycles. The number of halogens is 8. The fourth-order valence-electron chi connectivity index (χ4n) is 0.889. The Morgan fingerprint density at radius 1 is 0.778 bits per heavy atom. The first kappa shape index (κ1) is 20.0. The first-order valence-corrected chi connectivity index (χ1v) is 5.89. The van der Waals surface area contributed by atoms with Crippen molar-refractivity contribution in [2.75, 3.05) is 6.51 Å². The molecule has 1 nitrogen and oxygen atoms in total. The Morgan fingerprint density at radius 2 is 1.11 bits per heavy atom. The molecule has 0 unspecified atom stereocenters. The van der Waals surface area contributed by atoms with Gasteiger partial charge in [0.15, 0.2) is 5.75 Å².